The van der Waals surface area contributed by atoms with Crippen LogP contribution in [0.4, 0.5) is 13.2 Å². The highest BCUT2D eigenvalue weighted by Crippen LogP contribution is 2.34. The van der Waals surface area contributed by atoms with Crippen LogP contribution in [0.5, 0.6) is 5.75 Å². The van der Waals surface area contributed by atoms with Crippen LogP contribution in [0.2, 0.25) is 5.02 Å². The molecule has 0 atom stereocenters. The van der Waals surface area contributed by atoms with Gasteiger partial charge in [0.05, 0.1) is 10.6 Å². The number of para-hydroxylation sites is 1. The molecule has 21 heavy (non-hydrogen) atoms. The van der Waals surface area contributed by atoms with Gasteiger partial charge >= 0.3 is 6.18 Å². The van der Waals surface area contributed by atoms with Gasteiger partial charge in [-0.2, -0.15) is 13.2 Å². The number of ketones is 1. The van der Waals surface area contributed by atoms with Crippen LogP contribution in [0.1, 0.15) is 15.9 Å². The fourth-order valence-corrected chi connectivity index (χ4v) is 1.96. The minimum atomic E-state index is -4.54. The van der Waals surface area contributed by atoms with Crippen molar-refractivity contribution in [2.24, 2.45) is 0 Å². The second-order valence-corrected chi connectivity index (χ2v) is 4.62. The van der Waals surface area contributed by atoms with Gasteiger partial charge in [0.15, 0.2) is 12.4 Å². The zero-order chi connectivity index (χ0) is 15.5. The standard InChI is InChI=1S/C15H10ClF3O2/c16-13-8-10(6-7-12(13)15(17,18)19)14(20)9-21-11-4-2-1-3-5-11/h1-8H,9H2. The lowest BCUT2D eigenvalue weighted by Gasteiger charge is -2.10. The van der Waals surface area contributed by atoms with Crippen molar-refractivity contribution in [3.05, 3.63) is 64.7 Å². The van der Waals surface area contributed by atoms with E-state index >= 15 is 0 Å². The second-order valence-electron chi connectivity index (χ2n) is 4.22. The van der Waals surface area contributed by atoms with Gasteiger partial charge in [-0.15, -0.1) is 0 Å². The average molecular weight is 315 g/mol. The molecule has 0 bridgehead atoms. The predicted molar refractivity (Wildman–Crippen MR) is 72.7 cm³/mol. The van der Waals surface area contributed by atoms with Crippen LogP contribution in [0.3, 0.4) is 0 Å². The van der Waals surface area contributed by atoms with E-state index in [1.165, 1.54) is 0 Å². The highest BCUT2D eigenvalue weighted by Gasteiger charge is 2.33. The second kappa shape index (κ2) is 6.18. The van der Waals surface area contributed by atoms with E-state index in [1.807, 2.05) is 0 Å². The van der Waals surface area contributed by atoms with Gasteiger partial charge in [-0.05, 0) is 24.3 Å². The third-order valence-corrected chi connectivity index (χ3v) is 3.02. The third-order valence-electron chi connectivity index (χ3n) is 2.71. The van der Waals surface area contributed by atoms with E-state index in [0.29, 0.717) is 5.75 Å². The molecular weight excluding hydrogens is 305 g/mol. The molecule has 0 aliphatic heterocycles. The molecule has 0 aliphatic rings. The smallest absolute Gasteiger partial charge is 0.417 e. The number of Topliss-reactive ketones (excluding diaryl/α,β-unsaturated/α-hetero) is 1. The first-order valence-corrected chi connectivity index (χ1v) is 6.33. The summed E-state index contributed by atoms with van der Waals surface area (Å²) in [6.07, 6.45) is -4.54. The van der Waals surface area contributed by atoms with Crippen LogP contribution in [0.25, 0.3) is 0 Å². The quantitative estimate of drug-likeness (QED) is 0.770. The Morgan fingerprint density at radius 3 is 2.33 bits per heavy atom. The third kappa shape index (κ3) is 3.98. The van der Waals surface area contributed by atoms with Crippen LogP contribution >= 0.6 is 11.6 Å². The van der Waals surface area contributed by atoms with E-state index < -0.39 is 22.5 Å². The van der Waals surface area contributed by atoms with Gasteiger partial charge in [0.1, 0.15) is 5.75 Å². The molecule has 2 aromatic carbocycles. The summed E-state index contributed by atoms with van der Waals surface area (Å²) in [6, 6.07) is 11.5. The lowest BCUT2D eigenvalue weighted by Crippen LogP contribution is -2.13. The molecule has 2 rings (SSSR count). The molecule has 0 spiro atoms. The molecule has 0 aliphatic carbocycles. The maximum atomic E-state index is 12.6. The summed E-state index contributed by atoms with van der Waals surface area (Å²) in [7, 11) is 0. The minimum absolute atomic E-state index is 0.0731. The van der Waals surface area contributed by atoms with Crippen LogP contribution in [0, 0.1) is 0 Å². The Kier molecular flexibility index (Phi) is 4.53. The first-order valence-electron chi connectivity index (χ1n) is 5.96. The largest absolute Gasteiger partial charge is 0.485 e. The zero-order valence-electron chi connectivity index (χ0n) is 10.7. The van der Waals surface area contributed by atoms with E-state index in [2.05, 4.69) is 0 Å². The molecule has 0 amide bonds. The van der Waals surface area contributed by atoms with Crippen LogP contribution < -0.4 is 4.74 Å². The Balaban J connectivity index is 2.08. The molecule has 0 aromatic heterocycles. The average Bonchev–Trinajstić information content (AvgIpc) is 2.44. The molecule has 0 radical (unpaired) electrons. The van der Waals surface area contributed by atoms with Gasteiger partial charge in [-0.25, -0.2) is 0 Å². The van der Waals surface area contributed by atoms with E-state index in [-0.39, 0.29) is 12.2 Å². The van der Waals surface area contributed by atoms with Gasteiger partial charge in [0.25, 0.3) is 0 Å². The molecule has 0 saturated heterocycles. The lowest BCUT2D eigenvalue weighted by atomic mass is 10.1. The van der Waals surface area contributed by atoms with Gasteiger partial charge in [-0.1, -0.05) is 35.9 Å². The number of halogens is 4. The summed E-state index contributed by atoms with van der Waals surface area (Å²) in [5, 5.41) is -0.506. The van der Waals surface area contributed by atoms with Crippen LogP contribution in [-0.4, -0.2) is 12.4 Å². The monoisotopic (exact) mass is 314 g/mol. The number of rotatable bonds is 4. The zero-order valence-corrected chi connectivity index (χ0v) is 11.4. The van der Waals surface area contributed by atoms with Gasteiger partial charge < -0.3 is 4.74 Å². The Morgan fingerprint density at radius 1 is 1.10 bits per heavy atom. The summed E-state index contributed by atoms with van der Waals surface area (Å²) in [6.45, 7) is -0.272. The van der Waals surface area contributed by atoms with Crippen molar-refractivity contribution in [3.63, 3.8) is 0 Å². The number of hydrogen-bond donors (Lipinski definition) is 0. The highest BCUT2D eigenvalue weighted by atomic mass is 35.5. The lowest BCUT2D eigenvalue weighted by molar-refractivity contribution is -0.137. The van der Waals surface area contributed by atoms with Crippen molar-refractivity contribution in [1.29, 1.82) is 0 Å². The fraction of sp³-hybridized carbons (Fsp3) is 0.133. The molecule has 0 unspecified atom stereocenters. The molecule has 2 aromatic rings. The number of benzene rings is 2. The maximum absolute atomic E-state index is 12.6. The van der Waals surface area contributed by atoms with E-state index in [0.717, 1.165) is 18.2 Å². The Morgan fingerprint density at radius 2 is 1.76 bits per heavy atom. The Labute approximate surface area is 124 Å². The molecule has 0 saturated carbocycles. The SMILES string of the molecule is O=C(COc1ccccc1)c1ccc(C(F)(F)F)c(Cl)c1. The number of carbonyl (C=O) groups is 1. The van der Waals surface area contributed by atoms with Crippen molar-refractivity contribution < 1.29 is 22.7 Å². The van der Waals surface area contributed by atoms with Crippen molar-refractivity contribution in [2.75, 3.05) is 6.61 Å². The number of carbonyl (C=O) groups excluding carboxylic acids is 1. The summed E-state index contributed by atoms with van der Waals surface area (Å²) >= 11 is 5.56. The molecule has 110 valence electrons. The van der Waals surface area contributed by atoms with Crippen molar-refractivity contribution in [2.45, 2.75) is 6.18 Å². The van der Waals surface area contributed by atoms with Crippen molar-refractivity contribution in [3.8, 4) is 5.75 Å². The minimum Gasteiger partial charge on any atom is -0.485 e. The fourth-order valence-electron chi connectivity index (χ4n) is 1.67. The first kappa shape index (κ1) is 15.4. The highest BCUT2D eigenvalue weighted by molar-refractivity contribution is 6.31. The number of ether oxygens (including phenoxy) is 1. The number of hydrogen-bond acceptors (Lipinski definition) is 2. The molecule has 0 heterocycles. The Hall–Kier alpha value is -2.01. The molecule has 0 fully saturated rings. The summed E-state index contributed by atoms with van der Waals surface area (Å²) in [5.41, 5.74) is -0.895. The van der Waals surface area contributed by atoms with Gasteiger partial charge in [-0.3, -0.25) is 4.79 Å². The Bertz CT molecular complexity index is 639. The maximum Gasteiger partial charge on any atom is 0.417 e. The predicted octanol–water partition coefficient (Wildman–Crippen LogP) is 4.62. The van der Waals surface area contributed by atoms with Crippen LogP contribution in [-0.2, 0) is 6.18 Å². The van der Waals surface area contributed by atoms with Crippen LogP contribution in [0.15, 0.2) is 48.5 Å². The first-order chi connectivity index (χ1) is 9.88. The molecule has 0 N–H and O–H groups in total. The topological polar surface area (TPSA) is 26.3 Å². The molecule has 6 heteroatoms. The summed E-state index contributed by atoms with van der Waals surface area (Å²) < 4.78 is 42.9. The molecule has 2 nitrogen and oxygen atoms in total. The van der Waals surface area contributed by atoms with Gasteiger partial charge in [0, 0.05) is 5.56 Å². The van der Waals surface area contributed by atoms with Crippen molar-refractivity contribution in [1.82, 2.24) is 0 Å². The van der Waals surface area contributed by atoms with Gasteiger partial charge in [0.2, 0.25) is 0 Å². The summed E-state index contributed by atoms with van der Waals surface area (Å²) in [4.78, 5) is 11.9. The summed E-state index contributed by atoms with van der Waals surface area (Å²) in [5.74, 6) is 0.0540. The van der Waals surface area contributed by atoms with Crippen molar-refractivity contribution >= 4 is 17.4 Å². The van der Waals surface area contributed by atoms with E-state index in [4.69, 9.17) is 16.3 Å². The van der Waals surface area contributed by atoms with E-state index in [9.17, 15) is 18.0 Å². The number of alkyl halides is 3. The normalized spacial score (nSPS) is 11.2. The molecular formula is C15H10ClF3O2. The van der Waals surface area contributed by atoms with E-state index in [1.54, 1.807) is 30.3 Å².